The van der Waals surface area contributed by atoms with Crippen LogP contribution in [0.5, 0.6) is 0 Å². The Hall–Kier alpha value is -2.24. The molecule has 0 saturated carbocycles. The van der Waals surface area contributed by atoms with Gasteiger partial charge in [-0.1, -0.05) is 0 Å². The molecule has 6 nitrogen and oxygen atoms in total. The van der Waals surface area contributed by atoms with Gasteiger partial charge in [-0.05, 0) is 18.6 Å². The van der Waals surface area contributed by atoms with Gasteiger partial charge in [0.25, 0.3) is 0 Å². The second-order valence-corrected chi connectivity index (χ2v) is 4.49. The number of carbonyl (C=O) groups is 1. The summed E-state index contributed by atoms with van der Waals surface area (Å²) in [5.41, 5.74) is 8.56. The third-order valence-electron chi connectivity index (χ3n) is 3.19. The largest absolute Gasteiger partial charge is 0.397 e. The summed E-state index contributed by atoms with van der Waals surface area (Å²) in [4.78, 5) is 13.6. The maximum Gasteiger partial charge on any atom is 0.239 e. The molecule has 0 atom stereocenters. The molecule has 18 heavy (non-hydrogen) atoms. The third-order valence-corrected chi connectivity index (χ3v) is 3.19. The van der Waals surface area contributed by atoms with Crippen molar-refractivity contribution in [3.05, 3.63) is 18.3 Å². The van der Waals surface area contributed by atoms with Crippen LogP contribution < -0.4 is 16.0 Å². The minimum absolute atomic E-state index is 0.0385. The summed E-state index contributed by atoms with van der Waals surface area (Å²) in [5, 5.41) is 10.7. The van der Waals surface area contributed by atoms with Crippen LogP contribution >= 0.6 is 0 Å². The molecule has 1 aromatic carbocycles. The van der Waals surface area contributed by atoms with Crippen molar-refractivity contribution in [3.63, 3.8) is 0 Å². The smallest absolute Gasteiger partial charge is 0.239 e. The zero-order valence-corrected chi connectivity index (χ0v) is 9.94. The van der Waals surface area contributed by atoms with Gasteiger partial charge in [0.15, 0.2) is 0 Å². The number of fused-ring (bicyclic) bond motifs is 1. The Morgan fingerprint density at radius 1 is 1.39 bits per heavy atom. The number of nitrogens with two attached hydrogens (primary N) is 1. The summed E-state index contributed by atoms with van der Waals surface area (Å²) in [7, 11) is 0. The van der Waals surface area contributed by atoms with Gasteiger partial charge < -0.3 is 16.0 Å². The van der Waals surface area contributed by atoms with E-state index in [4.69, 9.17) is 5.73 Å². The van der Waals surface area contributed by atoms with Crippen LogP contribution in [0.4, 0.5) is 11.4 Å². The monoisotopic (exact) mass is 245 g/mol. The van der Waals surface area contributed by atoms with Gasteiger partial charge in [0.05, 0.1) is 29.6 Å². The Labute approximate surface area is 104 Å². The van der Waals surface area contributed by atoms with Crippen LogP contribution in [0.3, 0.4) is 0 Å². The molecule has 0 bridgehead atoms. The molecule has 94 valence electrons. The van der Waals surface area contributed by atoms with Crippen LogP contribution in [-0.4, -0.2) is 35.7 Å². The van der Waals surface area contributed by atoms with Crippen LogP contribution in [0, 0.1) is 0 Å². The van der Waals surface area contributed by atoms with E-state index in [1.54, 1.807) is 6.20 Å². The highest BCUT2D eigenvalue weighted by atomic mass is 16.2. The number of carbonyl (C=O) groups excluding carboxylic acids is 1. The van der Waals surface area contributed by atoms with Gasteiger partial charge in [0.2, 0.25) is 5.91 Å². The Balaban J connectivity index is 2.01. The van der Waals surface area contributed by atoms with E-state index in [1.807, 2.05) is 17.0 Å². The lowest BCUT2D eigenvalue weighted by Gasteiger charge is -2.23. The van der Waals surface area contributed by atoms with Crippen molar-refractivity contribution in [2.45, 2.75) is 6.42 Å². The Kier molecular flexibility index (Phi) is 2.55. The maximum atomic E-state index is 11.6. The van der Waals surface area contributed by atoms with Crippen molar-refractivity contribution < 1.29 is 4.79 Å². The molecule has 2 aromatic rings. The topological polar surface area (TPSA) is 87.0 Å². The van der Waals surface area contributed by atoms with Crippen molar-refractivity contribution in [1.29, 1.82) is 0 Å². The number of amides is 1. The number of hydrogen-bond donors (Lipinski definition) is 3. The summed E-state index contributed by atoms with van der Waals surface area (Å²) < 4.78 is 0. The molecule has 1 aliphatic heterocycles. The van der Waals surface area contributed by atoms with Gasteiger partial charge in [-0.2, -0.15) is 5.10 Å². The van der Waals surface area contributed by atoms with E-state index in [-0.39, 0.29) is 5.91 Å². The average molecular weight is 245 g/mol. The first-order valence-corrected chi connectivity index (χ1v) is 5.98. The van der Waals surface area contributed by atoms with E-state index in [2.05, 4.69) is 15.5 Å². The molecule has 1 saturated heterocycles. The summed E-state index contributed by atoms with van der Waals surface area (Å²) >= 11 is 0. The molecule has 0 radical (unpaired) electrons. The van der Waals surface area contributed by atoms with Gasteiger partial charge in [-0.3, -0.25) is 9.89 Å². The van der Waals surface area contributed by atoms with Crippen molar-refractivity contribution >= 4 is 28.2 Å². The number of nitrogens with one attached hydrogen (secondary N) is 2. The van der Waals surface area contributed by atoms with Crippen LogP contribution in [0.15, 0.2) is 18.3 Å². The number of nitrogen functional groups attached to an aromatic ring is 1. The first-order chi connectivity index (χ1) is 8.74. The molecule has 1 amide bonds. The standard InChI is InChI=1S/C12H15N5O/c13-9-4-8-6-15-16-10(8)5-11(9)17-3-1-2-14-12(18)7-17/h4-6H,1-3,7,13H2,(H,14,18)(H,15,16). The number of aromatic nitrogens is 2. The van der Waals surface area contributed by atoms with Gasteiger partial charge >= 0.3 is 0 Å². The van der Waals surface area contributed by atoms with Gasteiger partial charge in [-0.25, -0.2) is 0 Å². The van der Waals surface area contributed by atoms with Gasteiger partial charge in [0, 0.05) is 18.5 Å². The molecule has 1 fully saturated rings. The SMILES string of the molecule is Nc1cc2cn[nH]c2cc1N1CCCNC(=O)C1. The highest BCUT2D eigenvalue weighted by molar-refractivity contribution is 5.91. The predicted octanol–water partition coefficient (Wildman–Crippen LogP) is 0.471. The van der Waals surface area contributed by atoms with Crippen LogP contribution in [0.1, 0.15) is 6.42 Å². The molecule has 3 rings (SSSR count). The summed E-state index contributed by atoms with van der Waals surface area (Å²) in [5.74, 6) is 0.0385. The number of benzene rings is 1. The zero-order valence-electron chi connectivity index (χ0n) is 9.94. The first kappa shape index (κ1) is 10.9. The average Bonchev–Trinajstić information content (AvgIpc) is 2.68. The molecular formula is C12H15N5O. The second-order valence-electron chi connectivity index (χ2n) is 4.49. The molecule has 4 N–H and O–H groups in total. The first-order valence-electron chi connectivity index (χ1n) is 5.98. The van der Waals surface area contributed by atoms with Crippen molar-refractivity contribution in [3.8, 4) is 0 Å². The molecule has 0 aliphatic carbocycles. The van der Waals surface area contributed by atoms with Crippen molar-refractivity contribution in [2.75, 3.05) is 30.3 Å². The lowest BCUT2D eigenvalue weighted by Crippen LogP contribution is -2.33. The molecule has 1 aliphatic rings. The van der Waals surface area contributed by atoms with Gasteiger partial charge in [0.1, 0.15) is 0 Å². The summed E-state index contributed by atoms with van der Waals surface area (Å²) in [6.45, 7) is 1.90. The van der Waals surface area contributed by atoms with E-state index in [0.29, 0.717) is 12.2 Å². The lowest BCUT2D eigenvalue weighted by molar-refractivity contribution is -0.119. The number of anilines is 2. The van der Waals surface area contributed by atoms with Crippen molar-refractivity contribution in [1.82, 2.24) is 15.5 Å². The minimum atomic E-state index is 0.0385. The number of H-pyrrole nitrogens is 1. The fourth-order valence-electron chi connectivity index (χ4n) is 2.28. The van der Waals surface area contributed by atoms with Crippen LogP contribution in [-0.2, 0) is 4.79 Å². The van der Waals surface area contributed by atoms with E-state index in [0.717, 1.165) is 36.1 Å². The van der Waals surface area contributed by atoms with E-state index in [1.165, 1.54) is 0 Å². The Morgan fingerprint density at radius 2 is 2.28 bits per heavy atom. The number of nitrogens with zero attached hydrogens (tertiary/aromatic N) is 2. The normalized spacial score (nSPS) is 16.7. The van der Waals surface area contributed by atoms with E-state index < -0.39 is 0 Å². The van der Waals surface area contributed by atoms with E-state index >= 15 is 0 Å². The quantitative estimate of drug-likeness (QED) is 0.637. The number of rotatable bonds is 1. The third kappa shape index (κ3) is 1.85. The molecule has 0 spiro atoms. The number of aromatic amines is 1. The van der Waals surface area contributed by atoms with E-state index in [9.17, 15) is 4.79 Å². The molecule has 1 aromatic heterocycles. The Morgan fingerprint density at radius 3 is 3.17 bits per heavy atom. The zero-order chi connectivity index (χ0) is 12.5. The minimum Gasteiger partial charge on any atom is -0.397 e. The molecule has 0 unspecified atom stereocenters. The molecule has 6 heteroatoms. The highest BCUT2D eigenvalue weighted by Crippen LogP contribution is 2.28. The fourth-order valence-corrected chi connectivity index (χ4v) is 2.28. The van der Waals surface area contributed by atoms with Gasteiger partial charge in [-0.15, -0.1) is 0 Å². The lowest BCUT2D eigenvalue weighted by atomic mass is 10.2. The number of hydrogen-bond acceptors (Lipinski definition) is 4. The fraction of sp³-hybridized carbons (Fsp3) is 0.333. The molecular weight excluding hydrogens is 230 g/mol. The maximum absolute atomic E-state index is 11.6. The molecule has 2 heterocycles. The summed E-state index contributed by atoms with van der Waals surface area (Å²) in [6, 6.07) is 3.84. The highest BCUT2D eigenvalue weighted by Gasteiger charge is 2.17. The van der Waals surface area contributed by atoms with Crippen molar-refractivity contribution in [2.24, 2.45) is 0 Å². The summed E-state index contributed by atoms with van der Waals surface area (Å²) in [6.07, 6.45) is 2.66. The van der Waals surface area contributed by atoms with Crippen LogP contribution in [0.2, 0.25) is 0 Å². The predicted molar refractivity (Wildman–Crippen MR) is 70.3 cm³/mol. The second kappa shape index (κ2) is 4.21. The Bertz CT molecular complexity index is 591. The van der Waals surface area contributed by atoms with Crippen LogP contribution in [0.25, 0.3) is 10.9 Å².